The topological polar surface area (TPSA) is 101 Å². The first kappa shape index (κ1) is 13.0. The number of anilines is 2. The normalized spacial score (nSPS) is 19.3. The van der Waals surface area contributed by atoms with Crippen LogP contribution in [-0.4, -0.2) is 43.0 Å². The molecule has 1 aromatic heterocycles. The summed E-state index contributed by atoms with van der Waals surface area (Å²) in [6, 6.07) is 1.73. The van der Waals surface area contributed by atoms with Crippen molar-refractivity contribution in [2.75, 3.05) is 34.9 Å². The molecule has 0 unspecified atom stereocenters. The van der Waals surface area contributed by atoms with Gasteiger partial charge in [-0.15, -0.1) is 0 Å². The minimum absolute atomic E-state index is 0.168. The monoisotopic (exact) mass is 271 g/mol. The van der Waals surface area contributed by atoms with Gasteiger partial charge in [-0.05, 0) is 13.3 Å². The lowest BCUT2D eigenvalue weighted by Crippen LogP contribution is -2.28. The van der Waals surface area contributed by atoms with Gasteiger partial charge in [-0.25, -0.2) is 24.2 Å². The van der Waals surface area contributed by atoms with Crippen molar-refractivity contribution in [1.82, 2.24) is 9.97 Å². The first-order valence-electron chi connectivity index (χ1n) is 5.78. The summed E-state index contributed by atoms with van der Waals surface area (Å²) >= 11 is 0. The molecule has 18 heavy (non-hydrogen) atoms. The van der Waals surface area contributed by atoms with Crippen molar-refractivity contribution < 1.29 is 8.42 Å². The van der Waals surface area contributed by atoms with E-state index in [9.17, 15) is 8.42 Å². The maximum atomic E-state index is 11.5. The average molecular weight is 271 g/mol. The summed E-state index contributed by atoms with van der Waals surface area (Å²) in [5.41, 5.74) is 2.48. The average Bonchev–Trinajstić information content (AvgIpc) is 2.49. The number of hydrogen-bond acceptors (Lipinski definition) is 7. The second-order valence-corrected chi connectivity index (χ2v) is 6.60. The second kappa shape index (κ2) is 5.07. The lowest BCUT2D eigenvalue weighted by atomic mass is 10.4. The summed E-state index contributed by atoms with van der Waals surface area (Å²) in [4.78, 5) is 10.4. The number of sulfone groups is 1. The highest BCUT2D eigenvalue weighted by Gasteiger charge is 2.20. The molecule has 100 valence electrons. The van der Waals surface area contributed by atoms with Gasteiger partial charge in [0.25, 0.3) is 0 Å². The van der Waals surface area contributed by atoms with Gasteiger partial charge in [-0.2, -0.15) is 0 Å². The van der Waals surface area contributed by atoms with E-state index >= 15 is 0 Å². The molecule has 0 spiro atoms. The van der Waals surface area contributed by atoms with Crippen LogP contribution in [0.25, 0.3) is 0 Å². The molecule has 1 saturated heterocycles. The van der Waals surface area contributed by atoms with Crippen molar-refractivity contribution in [2.45, 2.75) is 13.3 Å². The summed E-state index contributed by atoms with van der Waals surface area (Å²) < 4.78 is 23.1. The van der Waals surface area contributed by atoms with Crippen LogP contribution in [0.2, 0.25) is 0 Å². The third-order valence-electron chi connectivity index (χ3n) is 2.85. The van der Waals surface area contributed by atoms with Crippen molar-refractivity contribution in [3.05, 3.63) is 11.9 Å². The van der Waals surface area contributed by atoms with Crippen molar-refractivity contribution in [3.8, 4) is 0 Å². The molecule has 1 aliphatic heterocycles. The molecule has 8 heteroatoms. The molecule has 1 fully saturated rings. The molecule has 7 nitrogen and oxygen atoms in total. The largest absolute Gasteiger partial charge is 0.355 e. The summed E-state index contributed by atoms with van der Waals surface area (Å²) in [5.74, 6) is 7.60. The van der Waals surface area contributed by atoms with E-state index in [1.165, 1.54) is 0 Å². The number of rotatable bonds is 2. The summed E-state index contributed by atoms with van der Waals surface area (Å²) in [5, 5.41) is 0. The van der Waals surface area contributed by atoms with Gasteiger partial charge in [0.1, 0.15) is 17.5 Å². The summed E-state index contributed by atoms with van der Waals surface area (Å²) in [6.45, 7) is 2.92. The van der Waals surface area contributed by atoms with Gasteiger partial charge in [0.2, 0.25) is 0 Å². The van der Waals surface area contributed by atoms with Crippen molar-refractivity contribution in [2.24, 2.45) is 5.84 Å². The minimum atomic E-state index is -2.91. The van der Waals surface area contributed by atoms with E-state index < -0.39 is 9.84 Å². The van der Waals surface area contributed by atoms with Gasteiger partial charge < -0.3 is 10.3 Å². The number of nitrogen functional groups attached to an aromatic ring is 1. The number of nitrogens with zero attached hydrogens (tertiary/aromatic N) is 3. The zero-order valence-electron chi connectivity index (χ0n) is 10.3. The predicted molar refractivity (Wildman–Crippen MR) is 70.1 cm³/mol. The molecular weight excluding hydrogens is 254 g/mol. The van der Waals surface area contributed by atoms with E-state index in [2.05, 4.69) is 15.4 Å². The number of aryl methyl sites for hydroxylation is 1. The zero-order valence-corrected chi connectivity index (χ0v) is 11.1. The van der Waals surface area contributed by atoms with Crippen molar-refractivity contribution in [1.29, 1.82) is 0 Å². The predicted octanol–water partition coefficient (Wildman–Crippen LogP) is -0.304. The van der Waals surface area contributed by atoms with Crippen LogP contribution in [-0.2, 0) is 9.84 Å². The fourth-order valence-electron chi connectivity index (χ4n) is 1.96. The fourth-order valence-corrected chi connectivity index (χ4v) is 3.23. The minimum Gasteiger partial charge on any atom is -0.355 e. The van der Waals surface area contributed by atoms with E-state index in [-0.39, 0.29) is 11.5 Å². The Hall–Kier alpha value is -1.41. The van der Waals surface area contributed by atoms with E-state index in [1.807, 2.05) is 4.90 Å². The van der Waals surface area contributed by atoms with Crippen LogP contribution in [0.3, 0.4) is 0 Å². The van der Waals surface area contributed by atoms with Crippen LogP contribution >= 0.6 is 0 Å². The van der Waals surface area contributed by atoms with Crippen LogP contribution in [0.4, 0.5) is 11.6 Å². The maximum Gasteiger partial charge on any atom is 0.152 e. The molecule has 0 saturated carbocycles. The molecule has 3 N–H and O–H groups in total. The summed E-state index contributed by atoms with van der Waals surface area (Å²) in [6.07, 6.45) is 0.622. The lowest BCUT2D eigenvalue weighted by Gasteiger charge is -2.21. The maximum absolute atomic E-state index is 11.5. The van der Waals surface area contributed by atoms with Gasteiger partial charge in [0, 0.05) is 19.2 Å². The Labute approximate surface area is 106 Å². The van der Waals surface area contributed by atoms with Crippen LogP contribution in [0.15, 0.2) is 6.07 Å². The van der Waals surface area contributed by atoms with E-state index in [1.54, 1.807) is 13.0 Å². The smallest absolute Gasteiger partial charge is 0.152 e. The molecule has 2 heterocycles. The number of nitrogens with two attached hydrogens (primary N) is 1. The number of hydrazine groups is 1. The van der Waals surface area contributed by atoms with Gasteiger partial charge in [0.15, 0.2) is 9.84 Å². The van der Waals surface area contributed by atoms with E-state index in [0.717, 1.165) is 0 Å². The SMILES string of the molecule is Cc1nc(NN)cc(N2CCCS(=O)(=O)CC2)n1. The highest BCUT2D eigenvalue weighted by Crippen LogP contribution is 2.17. The highest BCUT2D eigenvalue weighted by atomic mass is 32.2. The van der Waals surface area contributed by atoms with Crippen LogP contribution in [0, 0.1) is 6.92 Å². The fraction of sp³-hybridized carbons (Fsp3) is 0.600. The Morgan fingerprint density at radius 2 is 2.11 bits per heavy atom. The molecule has 0 radical (unpaired) electrons. The standard InChI is InChI=1S/C10H17N5O2S/c1-8-12-9(14-11)7-10(13-8)15-3-2-5-18(16,17)6-4-15/h7H,2-6,11H2,1H3,(H,12,13,14). The summed E-state index contributed by atoms with van der Waals surface area (Å²) in [7, 11) is -2.91. The van der Waals surface area contributed by atoms with Gasteiger partial charge in [-0.1, -0.05) is 0 Å². The molecular formula is C10H17N5O2S. The van der Waals surface area contributed by atoms with Crippen molar-refractivity contribution >= 4 is 21.5 Å². The zero-order chi connectivity index (χ0) is 13.2. The molecule has 0 aliphatic carbocycles. The van der Waals surface area contributed by atoms with Crippen LogP contribution < -0.4 is 16.2 Å². The quantitative estimate of drug-likeness (QED) is 0.562. The Kier molecular flexibility index (Phi) is 3.67. The molecule has 0 aromatic carbocycles. The third kappa shape index (κ3) is 3.08. The first-order valence-corrected chi connectivity index (χ1v) is 7.60. The van der Waals surface area contributed by atoms with Gasteiger partial charge in [-0.3, -0.25) is 0 Å². The van der Waals surface area contributed by atoms with Gasteiger partial charge in [0.05, 0.1) is 11.5 Å². The molecule has 0 atom stereocenters. The first-order chi connectivity index (χ1) is 8.50. The second-order valence-electron chi connectivity index (χ2n) is 4.30. The Balaban J connectivity index is 2.23. The Morgan fingerprint density at radius 3 is 2.83 bits per heavy atom. The number of hydrogen-bond donors (Lipinski definition) is 2. The highest BCUT2D eigenvalue weighted by molar-refractivity contribution is 7.91. The van der Waals surface area contributed by atoms with E-state index in [0.29, 0.717) is 37.0 Å². The van der Waals surface area contributed by atoms with Crippen LogP contribution in [0.1, 0.15) is 12.2 Å². The van der Waals surface area contributed by atoms with E-state index in [4.69, 9.17) is 5.84 Å². The molecule has 0 bridgehead atoms. The Bertz CT molecular complexity index is 531. The molecule has 0 amide bonds. The van der Waals surface area contributed by atoms with Crippen molar-refractivity contribution in [3.63, 3.8) is 0 Å². The third-order valence-corrected chi connectivity index (χ3v) is 4.57. The van der Waals surface area contributed by atoms with Crippen LogP contribution in [0.5, 0.6) is 0 Å². The number of nitrogens with one attached hydrogen (secondary N) is 1. The molecule has 2 rings (SSSR count). The molecule has 1 aliphatic rings. The number of aromatic nitrogens is 2. The lowest BCUT2D eigenvalue weighted by molar-refractivity contribution is 0.597. The Morgan fingerprint density at radius 1 is 1.33 bits per heavy atom. The molecule has 1 aromatic rings. The van der Waals surface area contributed by atoms with Gasteiger partial charge >= 0.3 is 0 Å².